The van der Waals surface area contributed by atoms with Gasteiger partial charge in [-0.15, -0.1) is 0 Å². The van der Waals surface area contributed by atoms with Crippen molar-refractivity contribution in [2.45, 2.75) is 26.2 Å². The average Bonchev–Trinajstić information content (AvgIpc) is 2.74. The van der Waals surface area contributed by atoms with Gasteiger partial charge in [0.25, 0.3) is 5.91 Å². The molecule has 0 radical (unpaired) electrons. The maximum atomic E-state index is 12.4. The molecule has 1 N–H and O–H groups in total. The molecular weight excluding hydrogens is 354 g/mol. The summed E-state index contributed by atoms with van der Waals surface area (Å²) in [5.41, 5.74) is 1.66. The fourth-order valence-electron chi connectivity index (χ4n) is 3.40. The highest BCUT2D eigenvalue weighted by Gasteiger charge is 2.17. The van der Waals surface area contributed by atoms with Gasteiger partial charge in [0.15, 0.2) is 11.5 Å². The van der Waals surface area contributed by atoms with Crippen molar-refractivity contribution in [2.24, 2.45) is 5.92 Å². The highest BCUT2D eigenvalue weighted by atomic mass is 16.5. The highest BCUT2D eigenvalue weighted by molar-refractivity contribution is 5.94. The number of hydrogen-bond donors (Lipinski definition) is 1. The van der Waals surface area contributed by atoms with Crippen LogP contribution < -0.4 is 19.7 Å². The van der Waals surface area contributed by atoms with Crippen LogP contribution in [0.2, 0.25) is 0 Å². The molecule has 2 heterocycles. The first-order valence-corrected chi connectivity index (χ1v) is 9.81. The minimum absolute atomic E-state index is 0.105. The van der Waals surface area contributed by atoms with Gasteiger partial charge in [-0.3, -0.25) is 4.79 Å². The number of hydrogen-bond acceptors (Lipinski definition) is 5. The summed E-state index contributed by atoms with van der Waals surface area (Å²) in [6.07, 6.45) is 4.77. The minimum Gasteiger partial charge on any atom is -0.493 e. The van der Waals surface area contributed by atoms with Crippen LogP contribution in [-0.2, 0) is 6.42 Å². The molecule has 0 aliphatic carbocycles. The van der Waals surface area contributed by atoms with Crippen molar-refractivity contribution in [3.63, 3.8) is 0 Å². The van der Waals surface area contributed by atoms with E-state index < -0.39 is 0 Å². The number of anilines is 1. The van der Waals surface area contributed by atoms with Crippen molar-refractivity contribution in [1.82, 2.24) is 10.3 Å². The molecule has 150 valence electrons. The third-order valence-corrected chi connectivity index (χ3v) is 5.26. The molecule has 6 heteroatoms. The van der Waals surface area contributed by atoms with Gasteiger partial charge in [-0.2, -0.15) is 0 Å². The monoisotopic (exact) mass is 383 g/mol. The largest absolute Gasteiger partial charge is 0.493 e. The molecule has 1 aliphatic rings. The molecule has 0 atom stereocenters. The maximum Gasteiger partial charge on any atom is 0.252 e. The fraction of sp³-hybridized carbons (Fsp3) is 0.455. The van der Waals surface area contributed by atoms with E-state index in [4.69, 9.17) is 9.47 Å². The van der Waals surface area contributed by atoms with Crippen LogP contribution in [0.15, 0.2) is 36.5 Å². The van der Waals surface area contributed by atoms with Gasteiger partial charge in [-0.05, 0) is 55.0 Å². The lowest BCUT2D eigenvalue weighted by molar-refractivity contribution is 0.0954. The van der Waals surface area contributed by atoms with Gasteiger partial charge < -0.3 is 19.7 Å². The van der Waals surface area contributed by atoms with E-state index in [2.05, 4.69) is 22.1 Å². The van der Waals surface area contributed by atoms with E-state index in [1.807, 2.05) is 30.3 Å². The third kappa shape index (κ3) is 4.94. The summed E-state index contributed by atoms with van der Waals surface area (Å²) < 4.78 is 10.6. The van der Waals surface area contributed by atoms with Gasteiger partial charge in [-0.1, -0.05) is 13.0 Å². The van der Waals surface area contributed by atoms with Gasteiger partial charge in [0.1, 0.15) is 5.82 Å². The van der Waals surface area contributed by atoms with Crippen LogP contribution in [0.3, 0.4) is 0 Å². The van der Waals surface area contributed by atoms with Crippen molar-refractivity contribution < 1.29 is 14.3 Å². The molecule has 0 spiro atoms. The fourth-order valence-corrected chi connectivity index (χ4v) is 3.40. The van der Waals surface area contributed by atoms with Crippen LogP contribution in [-0.4, -0.2) is 44.7 Å². The zero-order chi connectivity index (χ0) is 19.9. The van der Waals surface area contributed by atoms with Crippen LogP contribution >= 0.6 is 0 Å². The van der Waals surface area contributed by atoms with Crippen molar-refractivity contribution in [3.8, 4) is 11.5 Å². The molecule has 1 aliphatic heterocycles. The van der Waals surface area contributed by atoms with Gasteiger partial charge in [-0.25, -0.2) is 4.98 Å². The highest BCUT2D eigenvalue weighted by Crippen LogP contribution is 2.27. The van der Waals surface area contributed by atoms with E-state index in [1.54, 1.807) is 20.4 Å². The Hall–Kier alpha value is -2.76. The second kappa shape index (κ2) is 9.44. The number of ether oxygens (including phenoxy) is 2. The molecule has 1 amide bonds. The predicted octanol–water partition coefficient (Wildman–Crippen LogP) is 3.31. The van der Waals surface area contributed by atoms with E-state index >= 15 is 0 Å². The number of nitrogens with zero attached hydrogens (tertiary/aromatic N) is 2. The Bertz CT molecular complexity index is 784. The second-order valence-corrected chi connectivity index (χ2v) is 7.27. The number of methoxy groups -OCH3 is 2. The third-order valence-electron chi connectivity index (χ3n) is 5.26. The average molecular weight is 383 g/mol. The van der Waals surface area contributed by atoms with Gasteiger partial charge >= 0.3 is 0 Å². The van der Waals surface area contributed by atoms with Crippen LogP contribution in [0.4, 0.5) is 5.82 Å². The van der Waals surface area contributed by atoms with E-state index in [9.17, 15) is 4.79 Å². The predicted molar refractivity (Wildman–Crippen MR) is 110 cm³/mol. The summed E-state index contributed by atoms with van der Waals surface area (Å²) in [6, 6.07) is 9.58. The molecule has 2 aromatic rings. The molecule has 0 unspecified atom stereocenters. The number of piperidine rings is 1. The van der Waals surface area contributed by atoms with Crippen LogP contribution in [0.5, 0.6) is 11.5 Å². The number of rotatable bonds is 7. The SMILES string of the molecule is COc1ccc(CCNC(=O)c2ccc(N3CCC(C)CC3)nc2)cc1OC. The number of nitrogens with one attached hydrogen (secondary N) is 1. The van der Waals surface area contributed by atoms with Crippen LogP contribution in [0.1, 0.15) is 35.7 Å². The van der Waals surface area contributed by atoms with Crippen molar-refractivity contribution in [3.05, 3.63) is 47.7 Å². The molecule has 0 saturated carbocycles. The van der Waals surface area contributed by atoms with E-state index in [-0.39, 0.29) is 5.91 Å². The van der Waals surface area contributed by atoms with E-state index in [0.717, 1.165) is 30.4 Å². The molecule has 1 aromatic carbocycles. The Morgan fingerprint density at radius 3 is 2.54 bits per heavy atom. The van der Waals surface area contributed by atoms with Gasteiger partial charge in [0.2, 0.25) is 0 Å². The van der Waals surface area contributed by atoms with Gasteiger partial charge in [0, 0.05) is 25.8 Å². The first-order chi connectivity index (χ1) is 13.6. The molecule has 3 rings (SSSR count). The Balaban J connectivity index is 1.51. The van der Waals surface area contributed by atoms with Crippen LogP contribution in [0, 0.1) is 5.92 Å². The Morgan fingerprint density at radius 2 is 1.89 bits per heavy atom. The van der Waals surface area contributed by atoms with Crippen LogP contribution in [0.25, 0.3) is 0 Å². The molecule has 6 nitrogen and oxygen atoms in total. The zero-order valence-electron chi connectivity index (χ0n) is 16.9. The standard InChI is InChI=1S/C22H29N3O3/c1-16-9-12-25(13-10-16)21-7-5-18(15-24-21)22(26)23-11-8-17-4-6-19(27-2)20(14-17)28-3/h4-7,14-16H,8-13H2,1-3H3,(H,23,26). The Labute approximate surface area is 166 Å². The van der Waals surface area contributed by atoms with Gasteiger partial charge in [0.05, 0.1) is 19.8 Å². The Kier molecular flexibility index (Phi) is 6.74. The zero-order valence-corrected chi connectivity index (χ0v) is 16.9. The first kappa shape index (κ1) is 20.0. The summed E-state index contributed by atoms with van der Waals surface area (Å²) in [5, 5.41) is 2.95. The summed E-state index contributed by atoms with van der Waals surface area (Å²) in [4.78, 5) is 19.2. The number of carbonyl (C=O) groups is 1. The van der Waals surface area contributed by atoms with Crippen molar-refractivity contribution in [1.29, 1.82) is 0 Å². The normalized spacial score (nSPS) is 14.6. The molecule has 0 bridgehead atoms. The maximum absolute atomic E-state index is 12.4. The lowest BCUT2D eigenvalue weighted by Crippen LogP contribution is -2.33. The molecule has 1 aromatic heterocycles. The number of carbonyl (C=O) groups excluding carboxylic acids is 1. The summed E-state index contributed by atoms with van der Waals surface area (Å²) >= 11 is 0. The summed E-state index contributed by atoms with van der Waals surface area (Å²) in [5.74, 6) is 3.02. The molecule has 28 heavy (non-hydrogen) atoms. The molecular formula is C22H29N3O3. The summed E-state index contributed by atoms with van der Waals surface area (Å²) in [7, 11) is 3.23. The molecule has 1 saturated heterocycles. The van der Waals surface area contributed by atoms with Crippen molar-refractivity contribution in [2.75, 3.05) is 38.8 Å². The van der Waals surface area contributed by atoms with E-state index in [1.165, 1.54) is 12.8 Å². The first-order valence-electron chi connectivity index (χ1n) is 9.81. The lowest BCUT2D eigenvalue weighted by atomic mass is 9.99. The number of pyridine rings is 1. The topological polar surface area (TPSA) is 63.7 Å². The lowest BCUT2D eigenvalue weighted by Gasteiger charge is -2.31. The number of benzene rings is 1. The van der Waals surface area contributed by atoms with Crippen molar-refractivity contribution >= 4 is 11.7 Å². The smallest absolute Gasteiger partial charge is 0.252 e. The minimum atomic E-state index is -0.105. The molecule has 1 fully saturated rings. The second-order valence-electron chi connectivity index (χ2n) is 7.27. The van der Waals surface area contributed by atoms with E-state index in [0.29, 0.717) is 30.0 Å². The Morgan fingerprint density at radius 1 is 1.14 bits per heavy atom. The number of aromatic nitrogens is 1. The number of amides is 1. The quantitative estimate of drug-likeness (QED) is 0.795. The summed E-state index contributed by atoms with van der Waals surface area (Å²) in [6.45, 7) is 4.90.